The zero-order valence-corrected chi connectivity index (χ0v) is 60.8. The SMILES string of the molecule is CC/C=C\C/C=C\C/C=C\C/C=C\C/C=C\C/C=C\C/C=C\C/C=C\C/C=C\C/C=C\C/C=C\C/C=C\CCCCCCC(=O)OC(COC(=O)CCCCCCCCCCCCCCCCCCCCCCCCCCCCCCCCC)COP(=O)(O)OCCN. The van der Waals surface area contributed by atoms with Crippen molar-refractivity contribution in [3.05, 3.63) is 146 Å². The standard InChI is InChI=1S/C83H142NO8P/c1-3-5-7-9-11-13-15-17-19-21-23-25-27-29-31-33-35-36-37-38-39-40-41-42-43-44-46-48-50-52-54-56-58-60-62-64-66-68-70-72-74-76-83(86)92-81(80-91-93(87,88)90-78-77-84)79-89-82(85)75-73-71-69-67-65-63-61-59-57-55-53-51-49-47-45-34-32-30-28-26-24-22-20-18-16-14-12-10-8-6-4-2/h5,7,11,13,17,19,23,25,29,31,35-36,38-39,41-42,44,46,50,52,56,58,62,64,81H,3-4,6,8-10,12,14-16,18,20-22,24,26-28,30,32-34,37,40,43,45,47-49,51,53-55,57,59-61,63,65-80,84H2,1-2H3,(H,87,88)/b7-5-,13-11-,19-17-,25-23-,31-29-,36-35-,39-38-,42-41-,46-44-,52-50-,58-56-,64-62-. The van der Waals surface area contributed by atoms with E-state index >= 15 is 0 Å². The van der Waals surface area contributed by atoms with Crippen molar-refractivity contribution in [2.45, 2.75) is 341 Å². The molecule has 0 spiro atoms. The first-order chi connectivity index (χ1) is 45.8. The lowest BCUT2D eigenvalue weighted by molar-refractivity contribution is -0.161. The van der Waals surface area contributed by atoms with Gasteiger partial charge in [0.25, 0.3) is 0 Å². The smallest absolute Gasteiger partial charge is 0.462 e. The Kier molecular flexibility index (Phi) is 73.5. The van der Waals surface area contributed by atoms with Crippen molar-refractivity contribution in [3.63, 3.8) is 0 Å². The minimum absolute atomic E-state index is 0.0434. The number of phosphoric acid groups is 1. The molecular weight excluding hydrogens is 1170 g/mol. The van der Waals surface area contributed by atoms with Crippen LogP contribution in [0.4, 0.5) is 0 Å². The third kappa shape index (κ3) is 76.8. The van der Waals surface area contributed by atoms with Gasteiger partial charge in [-0.05, 0) is 103 Å². The summed E-state index contributed by atoms with van der Waals surface area (Å²) in [6, 6.07) is 0. The maximum absolute atomic E-state index is 12.8. The Morgan fingerprint density at radius 2 is 0.591 bits per heavy atom. The van der Waals surface area contributed by atoms with Crippen LogP contribution in [0.1, 0.15) is 335 Å². The summed E-state index contributed by atoms with van der Waals surface area (Å²) in [7, 11) is -4.41. The van der Waals surface area contributed by atoms with Gasteiger partial charge in [-0.25, -0.2) is 4.57 Å². The van der Waals surface area contributed by atoms with Gasteiger partial charge in [0, 0.05) is 19.4 Å². The van der Waals surface area contributed by atoms with E-state index in [1.165, 1.54) is 180 Å². The monoisotopic (exact) mass is 1310 g/mol. The summed E-state index contributed by atoms with van der Waals surface area (Å²) in [4.78, 5) is 35.4. The van der Waals surface area contributed by atoms with E-state index in [4.69, 9.17) is 24.3 Å². The Morgan fingerprint density at radius 3 is 0.882 bits per heavy atom. The molecule has 0 rings (SSSR count). The van der Waals surface area contributed by atoms with Crippen LogP contribution in [-0.4, -0.2) is 49.3 Å². The zero-order valence-electron chi connectivity index (χ0n) is 59.9. The van der Waals surface area contributed by atoms with Crippen molar-refractivity contribution in [2.24, 2.45) is 5.73 Å². The quantitative estimate of drug-likeness (QED) is 0.0264. The number of phosphoric ester groups is 1. The highest BCUT2D eigenvalue weighted by Crippen LogP contribution is 2.43. The lowest BCUT2D eigenvalue weighted by Crippen LogP contribution is -2.29. The number of esters is 2. The van der Waals surface area contributed by atoms with Gasteiger partial charge in [-0.3, -0.25) is 18.6 Å². The van der Waals surface area contributed by atoms with Gasteiger partial charge >= 0.3 is 19.8 Å². The highest BCUT2D eigenvalue weighted by Gasteiger charge is 2.26. The molecule has 0 aromatic carbocycles. The Labute approximate surface area is 573 Å². The van der Waals surface area contributed by atoms with Gasteiger partial charge in [-0.1, -0.05) is 365 Å². The van der Waals surface area contributed by atoms with Crippen molar-refractivity contribution >= 4 is 19.8 Å². The number of carbonyl (C=O) groups is 2. The molecule has 0 amide bonds. The van der Waals surface area contributed by atoms with E-state index < -0.39 is 26.5 Å². The second kappa shape index (κ2) is 76.9. The molecule has 0 aliphatic rings. The van der Waals surface area contributed by atoms with Gasteiger partial charge in [-0.2, -0.15) is 0 Å². The number of hydrogen-bond acceptors (Lipinski definition) is 8. The lowest BCUT2D eigenvalue weighted by Gasteiger charge is -2.19. The van der Waals surface area contributed by atoms with Gasteiger partial charge in [0.05, 0.1) is 13.2 Å². The average molecular weight is 1310 g/mol. The number of carbonyl (C=O) groups excluding carboxylic acids is 2. The van der Waals surface area contributed by atoms with Crippen LogP contribution < -0.4 is 5.73 Å². The molecular formula is C83H142NO8P. The highest BCUT2D eigenvalue weighted by molar-refractivity contribution is 7.47. The minimum Gasteiger partial charge on any atom is -0.462 e. The molecule has 0 fully saturated rings. The van der Waals surface area contributed by atoms with Crippen LogP contribution in [0.3, 0.4) is 0 Å². The first kappa shape index (κ1) is 88.9. The van der Waals surface area contributed by atoms with Crippen LogP contribution >= 0.6 is 7.82 Å². The molecule has 10 heteroatoms. The van der Waals surface area contributed by atoms with Crippen LogP contribution in [0.2, 0.25) is 0 Å². The summed E-state index contributed by atoms with van der Waals surface area (Å²) in [5.41, 5.74) is 5.41. The molecule has 0 heterocycles. The van der Waals surface area contributed by atoms with Gasteiger partial charge in [0.15, 0.2) is 6.10 Å². The molecule has 0 saturated heterocycles. The van der Waals surface area contributed by atoms with Crippen molar-refractivity contribution in [2.75, 3.05) is 26.4 Å². The molecule has 3 N–H and O–H groups in total. The third-order valence-electron chi connectivity index (χ3n) is 16.2. The Bertz CT molecular complexity index is 2040. The molecule has 2 atom stereocenters. The van der Waals surface area contributed by atoms with Gasteiger partial charge in [-0.15, -0.1) is 0 Å². The molecule has 2 unspecified atom stereocenters. The third-order valence-corrected chi connectivity index (χ3v) is 17.2. The number of rotatable bonds is 71. The molecule has 0 radical (unpaired) electrons. The van der Waals surface area contributed by atoms with Crippen LogP contribution in [0.5, 0.6) is 0 Å². The number of unbranched alkanes of at least 4 members (excludes halogenated alkanes) is 34. The van der Waals surface area contributed by atoms with E-state index in [1.54, 1.807) is 0 Å². The second-order valence-corrected chi connectivity index (χ2v) is 26.6. The summed E-state index contributed by atoms with van der Waals surface area (Å²) < 4.78 is 33.2. The summed E-state index contributed by atoms with van der Waals surface area (Å²) in [5, 5.41) is 0. The molecule has 0 aromatic heterocycles. The molecule has 0 saturated carbocycles. The van der Waals surface area contributed by atoms with Crippen molar-refractivity contribution in [1.82, 2.24) is 0 Å². The molecule has 9 nitrogen and oxygen atoms in total. The first-order valence-corrected chi connectivity index (χ1v) is 39.8. The van der Waals surface area contributed by atoms with E-state index in [0.717, 1.165) is 122 Å². The fraction of sp³-hybridized carbons (Fsp3) is 0.687. The summed E-state index contributed by atoms with van der Waals surface area (Å²) in [6.07, 6.45) is 111. The molecule has 93 heavy (non-hydrogen) atoms. The molecule has 0 aliphatic carbocycles. The van der Waals surface area contributed by atoms with E-state index in [-0.39, 0.29) is 38.6 Å². The van der Waals surface area contributed by atoms with Crippen LogP contribution in [-0.2, 0) is 32.7 Å². The average Bonchev–Trinajstić information content (AvgIpc) is 3.49. The molecule has 0 aromatic rings. The Morgan fingerprint density at radius 1 is 0.333 bits per heavy atom. The first-order valence-electron chi connectivity index (χ1n) is 38.3. The highest BCUT2D eigenvalue weighted by atomic mass is 31.2. The predicted molar refractivity (Wildman–Crippen MR) is 404 cm³/mol. The normalized spacial score (nSPS) is 13.7. The number of nitrogens with two attached hydrogens (primary N) is 1. The van der Waals surface area contributed by atoms with Crippen LogP contribution in [0.15, 0.2) is 146 Å². The topological polar surface area (TPSA) is 134 Å². The largest absolute Gasteiger partial charge is 0.472 e. The Balaban J connectivity index is 3.95. The van der Waals surface area contributed by atoms with Crippen molar-refractivity contribution in [3.8, 4) is 0 Å². The maximum Gasteiger partial charge on any atom is 0.472 e. The number of allylic oxidation sites excluding steroid dienone is 24. The van der Waals surface area contributed by atoms with E-state index in [9.17, 15) is 19.0 Å². The lowest BCUT2D eigenvalue weighted by atomic mass is 10.0. The molecule has 532 valence electrons. The summed E-state index contributed by atoms with van der Waals surface area (Å²) in [6.45, 7) is 3.63. The van der Waals surface area contributed by atoms with Crippen molar-refractivity contribution in [1.29, 1.82) is 0 Å². The maximum atomic E-state index is 12.8. The Hall–Kier alpha value is -4.11. The fourth-order valence-corrected chi connectivity index (χ4v) is 11.4. The van der Waals surface area contributed by atoms with Gasteiger partial charge in [0.1, 0.15) is 6.61 Å². The van der Waals surface area contributed by atoms with E-state index in [2.05, 4.69) is 160 Å². The molecule has 0 aliphatic heterocycles. The molecule has 0 bridgehead atoms. The minimum atomic E-state index is -4.41. The van der Waals surface area contributed by atoms with E-state index in [0.29, 0.717) is 6.42 Å². The summed E-state index contributed by atoms with van der Waals surface area (Å²) >= 11 is 0. The van der Waals surface area contributed by atoms with Gasteiger partial charge in [0.2, 0.25) is 0 Å². The number of hydrogen-bond donors (Lipinski definition) is 2. The fourth-order valence-electron chi connectivity index (χ4n) is 10.6. The van der Waals surface area contributed by atoms with Crippen LogP contribution in [0, 0.1) is 0 Å². The second-order valence-electron chi connectivity index (χ2n) is 25.1. The predicted octanol–water partition coefficient (Wildman–Crippen LogP) is 25.8. The van der Waals surface area contributed by atoms with Crippen molar-refractivity contribution < 1.29 is 37.6 Å². The van der Waals surface area contributed by atoms with Gasteiger partial charge < -0.3 is 20.1 Å². The summed E-state index contributed by atoms with van der Waals surface area (Å²) in [5.74, 6) is -0.853. The van der Waals surface area contributed by atoms with Crippen LogP contribution in [0.25, 0.3) is 0 Å². The zero-order chi connectivity index (χ0) is 67.2. The van der Waals surface area contributed by atoms with E-state index in [1.807, 2.05) is 0 Å². The number of ether oxygens (including phenoxy) is 2.